The van der Waals surface area contributed by atoms with Crippen molar-refractivity contribution in [2.24, 2.45) is 0 Å². The van der Waals surface area contributed by atoms with Gasteiger partial charge in [-0.3, -0.25) is 0 Å². The lowest BCUT2D eigenvalue weighted by molar-refractivity contribution is -0.137. The number of aryl methyl sites for hydroxylation is 1. The summed E-state index contributed by atoms with van der Waals surface area (Å²) in [5.41, 5.74) is 2.52. The topological polar surface area (TPSA) is 63.3 Å². The molecule has 170 valence electrons. The van der Waals surface area contributed by atoms with E-state index in [0.717, 1.165) is 29.2 Å². The second kappa shape index (κ2) is 8.08. The summed E-state index contributed by atoms with van der Waals surface area (Å²) in [6.45, 7) is 2.76. The number of nitrogens with one attached hydrogen (secondary N) is 1. The van der Waals surface area contributed by atoms with Crippen LogP contribution in [0.4, 0.5) is 24.7 Å². The summed E-state index contributed by atoms with van der Waals surface area (Å²) in [6.07, 6.45) is -2.62. The lowest BCUT2D eigenvalue weighted by atomic mass is 10.1. The van der Waals surface area contributed by atoms with Crippen LogP contribution in [-0.4, -0.2) is 41.3 Å². The Kier molecular flexibility index (Phi) is 5.20. The SMILES string of the molecule is COC[C@H]1COc2c(-c3nc4ccc(C(F)(F)F)cc4[nH]3)cccc2N1c1ccc(C)cn1. The molecule has 0 aliphatic carbocycles. The Morgan fingerprint density at radius 2 is 2.03 bits per heavy atom. The minimum absolute atomic E-state index is 0.0991. The van der Waals surface area contributed by atoms with E-state index in [4.69, 9.17) is 9.47 Å². The molecular formula is C24H21F3N4O2. The number of alkyl halides is 3. The molecule has 0 spiro atoms. The van der Waals surface area contributed by atoms with E-state index >= 15 is 0 Å². The highest BCUT2D eigenvalue weighted by Crippen LogP contribution is 2.44. The van der Waals surface area contributed by atoms with Crippen molar-refractivity contribution >= 4 is 22.5 Å². The Bertz CT molecular complexity index is 1300. The number of aromatic nitrogens is 3. The molecule has 0 saturated heterocycles. The molecule has 1 atom stereocenters. The van der Waals surface area contributed by atoms with Crippen molar-refractivity contribution < 1.29 is 22.6 Å². The number of methoxy groups -OCH3 is 1. The Labute approximate surface area is 188 Å². The Morgan fingerprint density at radius 1 is 1.18 bits per heavy atom. The van der Waals surface area contributed by atoms with Crippen LogP contribution in [0.1, 0.15) is 11.1 Å². The molecule has 4 aromatic rings. The summed E-state index contributed by atoms with van der Waals surface area (Å²) in [6, 6.07) is 12.9. The van der Waals surface area contributed by atoms with Gasteiger partial charge < -0.3 is 19.4 Å². The molecule has 0 unspecified atom stereocenters. The Balaban J connectivity index is 1.61. The zero-order chi connectivity index (χ0) is 23.2. The predicted molar refractivity (Wildman–Crippen MR) is 119 cm³/mol. The number of fused-ring (bicyclic) bond motifs is 2. The van der Waals surface area contributed by atoms with Crippen LogP contribution in [0.5, 0.6) is 5.75 Å². The number of aromatic amines is 1. The molecule has 5 rings (SSSR count). The lowest BCUT2D eigenvalue weighted by Crippen LogP contribution is -2.43. The molecule has 1 N–H and O–H groups in total. The molecule has 6 nitrogen and oxygen atoms in total. The molecule has 3 heterocycles. The fraction of sp³-hybridized carbons (Fsp3) is 0.250. The first kappa shape index (κ1) is 21.3. The maximum atomic E-state index is 13.1. The Hall–Kier alpha value is -3.59. The first-order chi connectivity index (χ1) is 15.8. The van der Waals surface area contributed by atoms with Crippen molar-refractivity contribution in [1.82, 2.24) is 15.0 Å². The number of rotatable bonds is 4. The number of imidazole rings is 1. The van der Waals surface area contributed by atoms with E-state index < -0.39 is 11.7 Å². The van der Waals surface area contributed by atoms with Gasteiger partial charge in [-0.05, 0) is 48.9 Å². The van der Waals surface area contributed by atoms with Gasteiger partial charge in [-0.2, -0.15) is 13.2 Å². The van der Waals surface area contributed by atoms with Gasteiger partial charge in [0.1, 0.15) is 18.2 Å². The van der Waals surface area contributed by atoms with Crippen molar-refractivity contribution in [1.29, 1.82) is 0 Å². The first-order valence-corrected chi connectivity index (χ1v) is 10.4. The number of hydrogen-bond donors (Lipinski definition) is 1. The normalized spacial score (nSPS) is 16.0. The molecule has 0 radical (unpaired) electrons. The van der Waals surface area contributed by atoms with Crippen molar-refractivity contribution in [3.63, 3.8) is 0 Å². The van der Waals surface area contributed by atoms with Crippen LogP contribution in [0.2, 0.25) is 0 Å². The number of pyridine rings is 1. The van der Waals surface area contributed by atoms with Crippen molar-refractivity contribution in [2.45, 2.75) is 19.1 Å². The fourth-order valence-corrected chi connectivity index (χ4v) is 4.04. The average molecular weight is 454 g/mol. The van der Waals surface area contributed by atoms with E-state index in [1.165, 1.54) is 6.07 Å². The lowest BCUT2D eigenvalue weighted by Gasteiger charge is -2.38. The molecule has 0 bridgehead atoms. The number of H-pyrrole nitrogens is 1. The van der Waals surface area contributed by atoms with E-state index in [1.54, 1.807) is 13.3 Å². The summed E-state index contributed by atoms with van der Waals surface area (Å²) < 4.78 is 50.9. The first-order valence-electron chi connectivity index (χ1n) is 10.4. The van der Waals surface area contributed by atoms with Crippen molar-refractivity contribution in [3.05, 3.63) is 65.9 Å². The molecule has 2 aromatic carbocycles. The molecular weight excluding hydrogens is 433 g/mol. The van der Waals surface area contributed by atoms with Crippen LogP contribution >= 0.6 is 0 Å². The average Bonchev–Trinajstić information content (AvgIpc) is 3.22. The number of hydrogen-bond acceptors (Lipinski definition) is 5. The molecule has 1 aliphatic rings. The zero-order valence-electron chi connectivity index (χ0n) is 18.0. The van der Waals surface area contributed by atoms with Gasteiger partial charge in [0, 0.05) is 13.3 Å². The van der Waals surface area contributed by atoms with Crippen molar-refractivity contribution in [3.8, 4) is 17.1 Å². The maximum Gasteiger partial charge on any atom is 0.416 e. The highest BCUT2D eigenvalue weighted by atomic mass is 19.4. The van der Waals surface area contributed by atoms with Gasteiger partial charge in [0.15, 0.2) is 5.75 Å². The smallest absolute Gasteiger partial charge is 0.416 e. The monoisotopic (exact) mass is 454 g/mol. The van der Waals surface area contributed by atoms with E-state index in [-0.39, 0.29) is 6.04 Å². The van der Waals surface area contributed by atoms with E-state index in [9.17, 15) is 13.2 Å². The van der Waals surface area contributed by atoms with Gasteiger partial charge in [0.25, 0.3) is 0 Å². The minimum atomic E-state index is -4.42. The summed E-state index contributed by atoms with van der Waals surface area (Å²) in [4.78, 5) is 14.2. The quantitative estimate of drug-likeness (QED) is 0.441. The van der Waals surface area contributed by atoms with E-state index in [1.807, 2.05) is 37.3 Å². The summed E-state index contributed by atoms with van der Waals surface area (Å²) in [5.74, 6) is 1.77. The number of benzene rings is 2. The molecule has 33 heavy (non-hydrogen) atoms. The fourth-order valence-electron chi connectivity index (χ4n) is 4.04. The number of para-hydroxylation sites is 1. The molecule has 2 aromatic heterocycles. The summed E-state index contributed by atoms with van der Waals surface area (Å²) in [5, 5.41) is 0. The predicted octanol–water partition coefficient (Wildman–Crippen LogP) is 5.50. The number of anilines is 2. The number of halogens is 3. The van der Waals surface area contributed by atoms with Crippen LogP contribution < -0.4 is 9.64 Å². The van der Waals surface area contributed by atoms with Gasteiger partial charge in [-0.25, -0.2) is 9.97 Å². The van der Waals surface area contributed by atoms with Gasteiger partial charge in [-0.1, -0.05) is 12.1 Å². The van der Waals surface area contributed by atoms with Crippen LogP contribution in [0, 0.1) is 6.92 Å². The van der Waals surface area contributed by atoms with E-state index in [2.05, 4.69) is 19.9 Å². The largest absolute Gasteiger partial charge is 0.488 e. The van der Waals surface area contributed by atoms with Gasteiger partial charge >= 0.3 is 6.18 Å². The Morgan fingerprint density at radius 3 is 2.76 bits per heavy atom. The summed E-state index contributed by atoms with van der Waals surface area (Å²) >= 11 is 0. The van der Waals surface area contributed by atoms with Gasteiger partial charge in [0.2, 0.25) is 0 Å². The third-order valence-electron chi connectivity index (χ3n) is 5.60. The number of ether oxygens (including phenoxy) is 2. The van der Waals surface area contributed by atoms with Gasteiger partial charge in [-0.15, -0.1) is 0 Å². The number of nitrogens with zero attached hydrogens (tertiary/aromatic N) is 3. The van der Waals surface area contributed by atoms with Crippen LogP contribution in [-0.2, 0) is 10.9 Å². The third kappa shape index (κ3) is 3.89. The second-order valence-electron chi connectivity index (χ2n) is 7.95. The molecule has 0 amide bonds. The third-order valence-corrected chi connectivity index (χ3v) is 5.60. The van der Waals surface area contributed by atoms with E-state index in [0.29, 0.717) is 41.4 Å². The standard InChI is InChI=1S/C24H21F3N4O2/c1-14-6-9-21(28-11-14)31-16(12-32-2)13-33-22-17(4-3-5-20(22)31)23-29-18-8-7-15(24(25,26)27)10-19(18)30-23/h3-11,16H,12-13H2,1-2H3,(H,29,30)/t16-/m0/s1. The second-order valence-corrected chi connectivity index (χ2v) is 7.95. The van der Waals surface area contributed by atoms with Crippen molar-refractivity contribution in [2.75, 3.05) is 25.2 Å². The minimum Gasteiger partial charge on any atom is -0.488 e. The van der Waals surface area contributed by atoms with Crippen LogP contribution in [0.15, 0.2) is 54.7 Å². The zero-order valence-corrected chi connectivity index (χ0v) is 18.0. The summed E-state index contributed by atoms with van der Waals surface area (Å²) in [7, 11) is 1.64. The molecule has 9 heteroatoms. The van der Waals surface area contributed by atoms with Crippen LogP contribution in [0.3, 0.4) is 0 Å². The highest BCUT2D eigenvalue weighted by Gasteiger charge is 2.33. The van der Waals surface area contributed by atoms with Gasteiger partial charge in [0.05, 0.1) is 40.5 Å². The highest BCUT2D eigenvalue weighted by molar-refractivity contribution is 5.85. The molecule has 0 saturated carbocycles. The van der Waals surface area contributed by atoms with Crippen LogP contribution in [0.25, 0.3) is 22.4 Å². The maximum absolute atomic E-state index is 13.1. The molecule has 0 fully saturated rings. The molecule has 1 aliphatic heterocycles.